The Morgan fingerprint density at radius 2 is 2.07 bits per heavy atom. The van der Waals surface area contributed by atoms with E-state index in [2.05, 4.69) is 15.7 Å². The summed E-state index contributed by atoms with van der Waals surface area (Å²) in [7, 11) is 0. The van der Waals surface area contributed by atoms with Crippen LogP contribution in [0.2, 0.25) is 0 Å². The van der Waals surface area contributed by atoms with E-state index >= 15 is 0 Å². The van der Waals surface area contributed by atoms with Crippen molar-refractivity contribution in [3.63, 3.8) is 0 Å². The maximum atomic E-state index is 13.7. The van der Waals surface area contributed by atoms with Gasteiger partial charge in [-0.2, -0.15) is 18.3 Å². The van der Waals surface area contributed by atoms with Crippen LogP contribution >= 0.6 is 0 Å². The van der Waals surface area contributed by atoms with Gasteiger partial charge in [0, 0.05) is 25.6 Å². The fraction of sp³-hybridized carbons (Fsp3) is 0.474. The van der Waals surface area contributed by atoms with Crippen molar-refractivity contribution in [3.8, 4) is 0 Å². The first kappa shape index (κ1) is 19.7. The Kier molecular flexibility index (Phi) is 5.20. The number of hydrogen-bond acceptors (Lipinski definition) is 4. The molecule has 10 heteroatoms. The molecule has 1 fully saturated rings. The fourth-order valence-electron chi connectivity index (χ4n) is 3.70. The lowest BCUT2D eigenvalue weighted by atomic mass is 9.97. The van der Waals surface area contributed by atoms with Crippen molar-refractivity contribution in [1.29, 1.82) is 0 Å². The molecule has 1 aromatic heterocycles. The lowest BCUT2D eigenvalue weighted by molar-refractivity contribution is -0.173. The van der Waals surface area contributed by atoms with Crippen LogP contribution in [-0.2, 0) is 4.74 Å². The van der Waals surface area contributed by atoms with Gasteiger partial charge in [-0.25, -0.2) is 9.07 Å². The number of fused-ring (bicyclic) bond motifs is 1. The van der Waals surface area contributed by atoms with Crippen LogP contribution < -0.4 is 10.6 Å². The van der Waals surface area contributed by atoms with Gasteiger partial charge in [-0.15, -0.1) is 0 Å². The van der Waals surface area contributed by atoms with Crippen LogP contribution in [0.4, 0.5) is 23.4 Å². The van der Waals surface area contributed by atoms with Crippen LogP contribution in [0.3, 0.4) is 0 Å². The highest BCUT2D eigenvalue weighted by Crippen LogP contribution is 2.43. The number of carbonyl (C=O) groups excluding carboxylic acids is 1. The third-order valence-electron chi connectivity index (χ3n) is 5.21. The van der Waals surface area contributed by atoms with Crippen molar-refractivity contribution in [2.45, 2.75) is 43.6 Å². The quantitative estimate of drug-likeness (QED) is 0.754. The molecule has 1 saturated heterocycles. The molecule has 2 N–H and O–H groups in total. The molecule has 1 aromatic carbocycles. The van der Waals surface area contributed by atoms with Gasteiger partial charge >= 0.3 is 6.18 Å². The van der Waals surface area contributed by atoms with E-state index in [1.807, 2.05) is 0 Å². The first-order chi connectivity index (χ1) is 13.8. The third-order valence-corrected chi connectivity index (χ3v) is 5.21. The Labute approximate surface area is 164 Å². The Hall–Kier alpha value is -2.62. The summed E-state index contributed by atoms with van der Waals surface area (Å²) < 4.78 is 60.4. The van der Waals surface area contributed by atoms with Gasteiger partial charge in [-0.05, 0) is 30.5 Å². The van der Waals surface area contributed by atoms with Crippen molar-refractivity contribution in [1.82, 2.24) is 15.1 Å². The number of aromatic nitrogens is 2. The molecule has 29 heavy (non-hydrogen) atoms. The molecule has 2 aliphatic heterocycles. The predicted octanol–water partition coefficient (Wildman–Crippen LogP) is 3.59. The van der Waals surface area contributed by atoms with E-state index in [-0.39, 0.29) is 30.6 Å². The largest absolute Gasteiger partial charge is 0.410 e. The highest BCUT2D eigenvalue weighted by atomic mass is 19.4. The summed E-state index contributed by atoms with van der Waals surface area (Å²) >= 11 is 0. The van der Waals surface area contributed by atoms with E-state index in [4.69, 9.17) is 4.74 Å². The number of nitrogens with zero attached hydrogens (tertiary/aromatic N) is 2. The summed E-state index contributed by atoms with van der Waals surface area (Å²) in [4.78, 5) is 12.4. The lowest BCUT2D eigenvalue weighted by Gasteiger charge is -2.33. The molecule has 0 aliphatic carbocycles. The van der Waals surface area contributed by atoms with E-state index in [9.17, 15) is 22.4 Å². The van der Waals surface area contributed by atoms with Gasteiger partial charge < -0.3 is 15.4 Å². The number of halogens is 4. The molecule has 2 aliphatic rings. The van der Waals surface area contributed by atoms with Crippen LogP contribution in [0.15, 0.2) is 30.3 Å². The molecule has 3 atom stereocenters. The van der Waals surface area contributed by atoms with E-state index < -0.39 is 30.0 Å². The van der Waals surface area contributed by atoms with Gasteiger partial charge in [0.25, 0.3) is 5.91 Å². The topological polar surface area (TPSA) is 68.2 Å². The van der Waals surface area contributed by atoms with E-state index in [0.717, 1.165) is 17.5 Å². The Balaban J connectivity index is 1.56. The van der Waals surface area contributed by atoms with Crippen molar-refractivity contribution in [2.75, 3.05) is 18.5 Å². The average Bonchev–Trinajstić information content (AvgIpc) is 3.34. The van der Waals surface area contributed by atoms with Crippen LogP contribution in [-0.4, -0.2) is 41.1 Å². The molecule has 3 heterocycles. The molecule has 0 unspecified atom stereocenters. The van der Waals surface area contributed by atoms with E-state index in [1.54, 1.807) is 0 Å². The zero-order valence-electron chi connectivity index (χ0n) is 15.4. The number of nitrogens with one attached hydrogen (secondary N) is 2. The van der Waals surface area contributed by atoms with Crippen molar-refractivity contribution in [2.24, 2.45) is 0 Å². The Bertz CT molecular complexity index is 875. The number of alkyl halides is 3. The summed E-state index contributed by atoms with van der Waals surface area (Å²) in [6.45, 7) is 0.927. The van der Waals surface area contributed by atoms with Gasteiger partial charge in [0.05, 0.1) is 12.1 Å². The van der Waals surface area contributed by atoms with Crippen LogP contribution in [0.1, 0.15) is 47.4 Å². The van der Waals surface area contributed by atoms with Gasteiger partial charge in [-0.3, -0.25) is 4.79 Å². The molecule has 0 spiro atoms. The van der Waals surface area contributed by atoms with Crippen molar-refractivity contribution >= 4 is 11.7 Å². The molecule has 1 amide bonds. The second kappa shape index (κ2) is 7.66. The number of benzene rings is 1. The number of ether oxygens (including phenoxy) is 1. The summed E-state index contributed by atoms with van der Waals surface area (Å²) in [6.07, 6.45) is -3.20. The number of rotatable bonds is 4. The lowest BCUT2D eigenvalue weighted by Crippen LogP contribution is -2.36. The SMILES string of the molecule is O=C(NC[C@@H]1CCCO1)c1cc2n(n1)[C@@H](C(F)(F)F)C[C@H](c1ccc(F)cc1)N2. The Morgan fingerprint density at radius 3 is 2.72 bits per heavy atom. The second-order valence-electron chi connectivity index (χ2n) is 7.25. The summed E-state index contributed by atoms with van der Waals surface area (Å²) in [6, 6.07) is 4.02. The third kappa shape index (κ3) is 4.21. The standard InChI is InChI=1S/C19H20F4N4O2/c20-12-5-3-11(4-6-12)14-8-16(19(21,22)23)27-17(25-14)9-15(26-27)18(28)24-10-13-2-1-7-29-13/h3-6,9,13-14,16,25H,1-2,7-8,10H2,(H,24,28)/t13-,14+,16+/m0/s1. The number of amides is 1. The minimum absolute atomic E-state index is 0.0832. The fourth-order valence-corrected chi connectivity index (χ4v) is 3.70. The van der Waals surface area contributed by atoms with Crippen LogP contribution in [0, 0.1) is 5.82 Å². The molecular weight excluding hydrogens is 392 g/mol. The maximum Gasteiger partial charge on any atom is 0.410 e. The molecule has 0 radical (unpaired) electrons. The van der Waals surface area contributed by atoms with Crippen LogP contribution in [0.25, 0.3) is 0 Å². The van der Waals surface area contributed by atoms with Gasteiger partial charge in [0.2, 0.25) is 0 Å². The molecule has 0 saturated carbocycles. The monoisotopic (exact) mass is 412 g/mol. The van der Waals surface area contributed by atoms with Gasteiger partial charge in [0.15, 0.2) is 11.7 Å². The van der Waals surface area contributed by atoms with E-state index in [0.29, 0.717) is 12.2 Å². The molecule has 4 rings (SSSR count). The average molecular weight is 412 g/mol. The highest BCUT2D eigenvalue weighted by molar-refractivity contribution is 5.93. The molecule has 2 aromatic rings. The maximum absolute atomic E-state index is 13.7. The minimum atomic E-state index is -4.55. The predicted molar refractivity (Wildman–Crippen MR) is 96.0 cm³/mol. The number of hydrogen-bond donors (Lipinski definition) is 2. The zero-order chi connectivity index (χ0) is 20.6. The normalized spacial score (nSPS) is 24.1. The summed E-state index contributed by atoms with van der Waals surface area (Å²) in [5.74, 6) is -0.925. The van der Waals surface area contributed by atoms with Crippen molar-refractivity contribution in [3.05, 3.63) is 47.4 Å². The summed E-state index contributed by atoms with van der Waals surface area (Å²) in [5.41, 5.74) is 0.428. The highest BCUT2D eigenvalue weighted by Gasteiger charge is 2.46. The molecule has 0 bridgehead atoms. The molecule has 6 nitrogen and oxygen atoms in total. The van der Waals surface area contributed by atoms with Crippen LogP contribution in [0.5, 0.6) is 0 Å². The zero-order valence-corrected chi connectivity index (χ0v) is 15.4. The van der Waals surface area contributed by atoms with E-state index in [1.165, 1.54) is 30.3 Å². The van der Waals surface area contributed by atoms with Gasteiger partial charge in [-0.1, -0.05) is 12.1 Å². The van der Waals surface area contributed by atoms with Gasteiger partial charge in [0.1, 0.15) is 11.6 Å². The first-order valence-corrected chi connectivity index (χ1v) is 9.39. The Morgan fingerprint density at radius 1 is 1.31 bits per heavy atom. The first-order valence-electron chi connectivity index (χ1n) is 9.39. The molecule has 156 valence electrons. The number of carbonyl (C=O) groups is 1. The summed E-state index contributed by atoms with van der Waals surface area (Å²) in [5, 5.41) is 9.55. The smallest absolute Gasteiger partial charge is 0.376 e. The molecular formula is C19H20F4N4O2. The minimum Gasteiger partial charge on any atom is -0.376 e. The van der Waals surface area contributed by atoms with Crippen molar-refractivity contribution < 1.29 is 27.1 Å². The second-order valence-corrected chi connectivity index (χ2v) is 7.25. The number of anilines is 1.